The molecular weight excluding hydrogens is 262 g/mol. The Bertz CT molecular complexity index is 554. The molecule has 0 unspecified atom stereocenters. The third-order valence-corrected chi connectivity index (χ3v) is 4.02. The molecule has 0 amide bonds. The number of hydrogen-bond donors (Lipinski definition) is 1. The van der Waals surface area contributed by atoms with Gasteiger partial charge in [0, 0.05) is 18.9 Å². The standard InChI is InChI=1S/C16H23N5/c1-2-8-21-16(5-7-20-21)15-12-18-14(11-19-15)9-13-4-3-6-17-10-13/h5,7,11-13,17H,2-4,6,8-10H2,1H3/t13-/m1/s1. The molecule has 3 rings (SSSR count). The lowest BCUT2D eigenvalue weighted by Crippen LogP contribution is -2.31. The Morgan fingerprint density at radius 2 is 2.29 bits per heavy atom. The predicted octanol–water partition coefficient (Wildman–Crippen LogP) is 2.29. The Labute approximate surface area is 125 Å². The van der Waals surface area contributed by atoms with E-state index in [9.17, 15) is 0 Å². The van der Waals surface area contributed by atoms with Gasteiger partial charge in [-0.3, -0.25) is 14.6 Å². The highest BCUT2D eigenvalue weighted by Gasteiger charge is 2.14. The van der Waals surface area contributed by atoms with Crippen molar-refractivity contribution < 1.29 is 0 Å². The Hall–Kier alpha value is -1.75. The van der Waals surface area contributed by atoms with Crippen LogP contribution in [0, 0.1) is 5.92 Å². The second-order valence-corrected chi connectivity index (χ2v) is 5.75. The average Bonchev–Trinajstić information content (AvgIpc) is 2.98. The summed E-state index contributed by atoms with van der Waals surface area (Å²) in [4.78, 5) is 9.18. The van der Waals surface area contributed by atoms with Crippen LogP contribution in [0.25, 0.3) is 11.4 Å². The predicted molar refractivity (Wildman–Crippen MR) is 82.8 cm³/mol. The molecule has 0 spiro atoms. The normalized spacial score (nSPS) is 18.8. The van der Waals surface area contributed by atoms with E-state index < -0.39 is 0 Å². The largest absolute Gasteiger partial charge is 0.316 e. The molecule has 2 aromatic heterocycles. The van der Waals surface area contributed by atoms with E-state index in [2.05, 4.69) is 27.3 Å². The topological polar surface area (TPSA) is 55.6 Å². The van der Waals surface area contributed by atoms with Crippen LogP contribution < -0.4 is 5.32 Å². The lowest BCUT2D eigenvalue weighted by Gasteiger charge is -2.22. The third kappa shape index (κ3) is 3.47. The van der Waals surface area contributed by atoms with Crippen LogP contribution in [-0.4, -0.2) is 32.8 Å². The lowest BCUT2D eigenvalue weighted by molar-refractivity contribution is 0.373. The van der Waals surface area contributed by atoms with Gasteiger partial charge in [0.25, 0.3) is 0 Å². The number of piperidine rings is 1. The summed E-state index contributed by atoms with van der Waals surface area (Å²) in [5.41, 5.74) is 3.05. The van der Waals surface area contributed by atoms with Gasteiger partial charge in [-0.2, -0.15) is 5.10 Å². The second-order valence-electron chi connectivity index (χ2n) is 5.75. The zero-order valence-electron chi connectivity index (χ0n) is 12.6. The molecule has 5 heteroatoms. The highest BCUT2D eigenvalue weighted by molar-refractivity contribution is 5.52. The van der Waals surface area contributed by atoms with Crippen LogP contribution in [0.4, 0.5) is 0 Å². The lowest BCUT2D eigenvalue weighted by atomic mass is 9.95. The number of aromatic nitrogens is 4. The monoisotopic (exact) mass is 285 g/mol. The minimum atomic E-state index is 0.699. The number of hydrogen-bond acceptors (Lipinski definition) is 4. The fraction of sp³-hybridized carbons (Fsp3) is 0.562. The number of nitrogens with zero attached hydrogens (tertiary/aromatic N) is 4. The SMILES string of the molecule is CCCn1nccc1-c1cnc(C[C@H]2CCCNC2)cn1. The smallest absolute Gasteiger partial charge is 0.107 e. The van der Waals surface area contributed by atoms with E-state index in [-0.39, 0.29) is 0 Å². The molecule has 1 N–H and O–H groups in total. The highest BCUT2D eigenvalue weighted by Crippen LogP contribution is 2.18. The fourth-order valence-corrected chi connectivity index (χ4v) is 2.93. The quantitative estimate of drug-likeness (QED) is 0.916. The molecule has 21 heavy (non-hydrogen) atoms. The molecule has 112 valence electrons. The summed E-state index contributed by atoms with van der Waals surface area (Å²) in [5, 5.41) is 7.79. The molecule has 1 atom stereocenters. The van der Waals surface area contributed by atoms with Gasteiger partial charge < -0.3 is 5.32 Å². The summed E-state index contributed by atoms with van der Waals surface area (Å²) in [6, 6.07) is 2.00. The van der Waals surface area contributed by atoms with Crippen molar-refractivity contribution in [2.24, 2.45) is 5.92 Å². The fourth-order valence-electron chi connectivity index (χ4n) is 2.93. The van der Waals surface area contributed by atoms with Gasteiger partial charge in [0.15, 0.2) is 0 Å². The maximum Gasteiger partial charge on any atom is 0.107 e. The van der Waals surface area contributed by atoms with Crippen molar-refractivity contribution in [2.45, 2.75) is 39.2 Å². The minimum absolute atomic E-state index is 0.699. The minimum Gasteiger partial charge on any atom is -0.316 e. The molecule has 1 aliphatic heterocycles. The second kappa shape index (κ2) is 6.80. The zero-order chi connectivity index (χ0) is 14.5. The molecule has 1 saturated heterocycles. The van der Waals surface area contributed by atoms with Crippen LogP contribution in [0.5, 0.6) is 0 Å². The molecule has 1 aliphatic rings. The van der Waals surface area contributed by atoms with E-state index in [1.54, 1.807) is 0 Å². The Morgan fingerprint density at radius 3 is 3.00 bits per heavy atom. The van der Waals surface area contributed by atoms with E-state index in [0.29, 0.717) is 5.92 Å². The van der Waals surface area contributed by atoms with E-state index in [1.807, 2.05) is 29.3 Å². The molecule has 0 radical (unpaired) electrons. The average molecular weight is 285 g/mol. The van der Waals surface area contributed by atoms with Crippen LogP contribution in [0.1, 0.15) is 31.9 Å². The van der Waals surface area contributed by atoms with E-state index in [4.69, 9.17) is 0 Å². The molecule has 0 aliphatic carbocycles. The molecule has 0 saturated carbocycles. The number of aryl methyl sites for hydroxylation is 1. The van der Waals surface area contributed by atoms with Crippen LogP contribution in [0.3, 0.4) is 0 Å². The van der Waals surface area contributed by atoms with Gasteiger partial charge >= 0.3 is 0 Å². The van der Waals surface area contributed by atoms with E-state index in [1.165, 1.54) is 12.8 Å². The van der Waals surface area contributed by atoms with Crippen LogP contribution >= 0.6 is 0 Å². The first kappa shape index (κ1) is 14.2. The van der Waals surface area contributed by atoms with E-state index >= 15 is 0 Å². The third-order valence-electron chi connectivity index (χ3n) is 4.02. The molecule has 0 bridgehead atoms. The maximum absolute atomic E-state index is 4.60. The number of rotatable bonds is 5. The van der Waals surface area contributed by atoms with E-state index in [0.717, 1.165) is 49.6 Å². The summed E-state index contributed by atoms with van der Waals surface area (Å²) in [5.74, 6) is 0.699. The first-order chi connectivity index (χ1) is 10.4. The molecule has 2 aromatic rings. The number of nitrogens with one attached hydrogen (secondary N) is 1. The van der Waals surface area contributed by atoms with Crippen molar-refractivity contribution in [2.75, 3.05) is 13.1 Å². The molecular formula is C16H23N5. The van der Waals surface area contributed by atoms with Crippen LogP contribution in [0.2, 0.25) is 0 Å². The molecule has 3 heterocycles. The Kier molecular flexibility index (Phi) is 4.60. The Morgan fingerprint density at radius 1 is 1.33 bits per heavy atom. The van der Waals surface area contributed by atoms with Crippen molar-refractivity contribution in [1.82, 2.24) is 25.1 Å². The first-order valence-corrected chi connectivity index (χ1v) is 7.90. The van der Waals surface area contributed by atoms with Gasteiger partial charge in [0.05, 0.1) is 17.6 Å². The van der Waals surface area contributed by atoms with Crippen LogP contribution in [-0.2, 0) is 13.0 Å². The first-order valence-electron chi connectivity index (χ1n) is 7.90. The van der Waals surface area contributed by atoms with Crippen molar-refractivity contribution >= 4 is 0 Å². The van der Waals surface area contributed by atoms with Crippen molar-refractivity contribution in [3.8, 4) is 11.4 Å². The highest BCUT2D eigenvalue weighted by atomic mass is 15.3. The molecule has 0 aromatic carbocycles. The molecule has 1 fully saturated rings. The summed E-state index contributed by atoms with van der Waals surface area (Å²) in [7, 11) is 0. The van der Waals surface area contributed by atoms with Gasteiger partial charge in [0.2, 0.25) is 0 Å². The van der Waals surface area contributed by atoms with Gasteiger partial charge in [0.1, 0.15) is 5.69 Å². The summed E-state index contributed by atoms with van der Waals surface area (Å²) < 4.78 is 1.99. The van der Waals surface area contributed by atoms with Crippen LogP contribution in [0.15, 0.2) is 24.7 Å². The van der Waals surface area contributed by atoms with Gasteiger partial charge in [-0.05, 0) is 50.8 Å². The van der Waals surface area contributed by atoms with Crippen molar-refractivity contribution in [3.63, 3.8) is 0 Å². The Balaban J connectivity index is 1.69. The van der Waals surface area contributed by atoms with Gasteiger partial charge in [-0.1, -0.05) is 6.92 Å². The van der Waals surface area contributed by atoms with Crippen molar-refractivity contribution in [1.29, 1.82) is 0 Å². The summed E-state index contributed by atoms with van der Waals surface area (Å²) in [6.07, 6.45) is 10.3. The zero-order valence-corrected chi connectivity index (χ0v) is 12.6. The van der Waals surface area contributed by atoms with Crippen molar-refractivity contribution in [3.05, 3.63) is 30.4 Å². The molecule has 5 nitrogen and oxygen atoms in total. The maximum atomic E-state index is 4.60. The van der Waals surface area contributed by atoms with Gasteiger partial charge in [-0.25, -0.2) is 0 Å². The summed E-state index contributed by atoms with van der Waals surface area (Å²) in [6.45, 7) is 5.33. The summed E-state index contributed by atoms with van der Waals surface area (Å²) >= 11 is 0. The van der Waals surface area contributed by atoms with Gasteiger partial charge in [-0.15, -0.1) is 0 Å².